The van der Waals surface area contributed by atoms with E-state index in [1.807, 2.05) is 0 Å². The number of allylic oxidation sites excluding steroid dienone is 1. The second kappa shape index (κ2) is 6.36. The van der Waals surface area contributed by atoms with Gasteiger partial charge in [0.2, 0.25) is 0 Å². The van der Waals surface area contributed by atoms with Gasteiger partial charge in [-0.1, -0.05) is 39.7 Å². The topological polar surface area (TPSA) is 12.0 Å². The van der Waals surface area contributed by atoms with Gasteiger partial charge >= 0.3 is 0 Å². The molecule has 0 radical (unpaired) electrons. The zero-order valence-corrected chi connectivity index (χ0v) is 12.0. The van der Waals surface area contributed by atoms with E-state index in [-0.39, 0.29) is 0 Å². The van der Waals surface area contributed by atoms with Crippen molar-refractivity contribution in [2.45, 2.75) is 39.2 Å². The zero-order valence-electron chi connectivity index (χ0n) is 10.4. The van der Waals surface area contributed by atoms with Crippen LogP contribution in [0.5, 0.6) is 0 Å². The first-order chi connectivity index (χ1) is 8.25. The van der Waals surface area contributed by atoms with Crippen molar-refractivity contribution < 1.29 is 0 Å². The summed E-state index contributed by atoms with van der Waals surface area (Å²) in [6.07, 6.45) is 7.58. The van der Waals surface area contributed by atoms with Crippen LogP contribution >= 0.6 is 15.9 Å². The molecule has 1 aliphatic rings. The third kappa shape index (κ3) is 3.97. The molecule has 92 valence electrons. The first kappa shape index (κ1) is 12.8. The van der Waals surface area contributed by atoms with Crippen molar-refractivity contribution in [3.63, 3.8) is 0 Å². The lowest BCUT2D eigenvalue weighted by molar-refractivity contribution is 0.674. The first-order valence-electron chi connectivity index (χ1n) is 6.39. The fourth-order valence-electron chi connectivity index (χ4n) is 2.23. The minimum absolute atomic E-state index is 0.953. The van der Waals surface area contributed by atoms with Gasteiger partial charge < -0.3 is 5.32 Å². The number of hydrogen-bond donors (Lipinski definition) is 1. The van der Waals surface area contributed by atoms with Gasteiger partial charge in [0.1, 0.15) is 0 Å². The summed E-state index contributed by atoms with van der Waals surface area (Å²) < 4.78 is 1.21. The normalized spacial score (nSPS) is 15.1. The molecule has 2 heteroatoms. The molecule has 0 bridgehead atoms. The van der Waals surface area contributed by atoms with Gasteiger partial charge in [-0.05, 0) is 56.3 Å². The summed E-state index contributed by atoms with van der Waals surface area (Å²) in [7, 11) is 0. The number of hydrogen-bond acceptors (Lipinski definition) is 1. The molecule has 0 heterocycles. The van der Waals surface area contributed by atoms with Crippen molar-refractivity contribution in [3.05, 3.63) is 45.4 Å². The Labute approximate surface area is 112 Å². The highest BCUT2D eigenvalue weighted by molar-refractivity contribution is 9.10. The Bertz CT molecular complexity index is 409. The molecule has 2 rings (SSSR count). The second-order valence-electron chi connectivity index (χ2n) is 4.78. The molecule has 1 N–H and O–H groups in total. The van der Waals surface area contributed by atoms with Crippen LogP contribution in [0.1, 0.15) is 36.8 Å². The summed E-state index contributed by atoms with van der Waals surface area (Å²) in [4.78, 5) is 0. The van der Waals surface area contributed by atoms with Gasteiger partial charge in [0.15, 0.2) is 0 Å². The molecule has 0 unspecified atom stereocenters. The third-order valence-electron chi connectivity index (χ3n) is 3.28. The fourth-order valence-corrected chi connectivity index (χ4v) is 2.87. The van der Waals surface area contributed by atoms with Crippen LogP contribution in [0.15, 0.2) is 34.3 Å². The average molecular weight is 294 g/mol. The predicted molar refractivity (Wildman–Crippen MR) is 77.1 cm³/mol. The van der Waals surface area contributed by atoms with Crippen LogP contribution < -0.4 is 5.32 Å². The largest absolute Gasteiger partial charge is 0.312 e. The molecule has 1 aromatic carbocycles. The molecule has 0 aromatic heterocycles. The Morgan fingerprint density at radius 3 is 2.94 bits per heavy atom. The van der Waals surface area contributed by atoms with Crippen molar-refractivity contribution in [3.8, 4) is 0 Å². The predicted octanol–water partition coefficient (Wildman–Crippen LogP) is 4.35. The summed E-state index contributed by atoms with van der Waals surface area (Å²) in [5.41, 5.74) is 4.29. The summed E-state index contributed by atoms with van der Waals surface area (Å²) in [5, 5.41) is 3.52. The van der Waals surface area contributed by atoms with E-state index < -0.39 is 0 Å². The minimum atomic E-state index is 0.953. The van der Waals surface area contributed by atoms with E-state index in [0.29, 0.717) is 0 Å². The highest BCUT2D eigenvalue weighted by Crippen LogP contribution is 2.20. The summed E-state index contributed by atoms with van der Waals surface area (Å²) in [6, 6.07) is 6.54. The van der Waals surface area contributed by atoms with E-state index >= 15 is 0 Å². The Hall–Kier alpha value is -0.600. The molecule has 1 aliphatic carbocycles. The van der Waals surface area contributed by atoms with Crippen molar-refractivity contribution >= 4 is 15.9 Å². The van der Waals surface area contributed by atoms with E-state index in [9.17, 15) is 0 Å². The Kier molecular flexibility index (Phi) is 4.81. The van der Waals surface area contributed by atoms with Crippen LogP contribution in [0.4, 0.5) is 0 Å². The van der Waals surface area contributed by atoms with Gasteiger partial charge in [0, 0.05) is 11.0 Å². The molecule has 0 atom stereocenters. The van der Waals surface area contributed by atoms with Gasteiger partial charge in [0.25, 0.3) is 0 Å². The lowest BCUT2D eigenvalue weighted by Gasteiger charge is -2.08. The van der Waals surface area contributed by atoms with E-state index in [2.05, 4.69) is 52.4 Å². The smallest absolute Gasteiger partial charge is 0.0222 e. The van der Waals surface area contributed by atoms with E-state index in [1.54, 1.807) is 5.57 Å². The van der Waals surface area contributed by atoms with Crippen molar-refractivity contribution in [1.29, 1.82) is 0 Å². The van der Waals surface area contributed by atoms with Crippen LogP contribution in [0.3, 0.4) is 0 Å². The van der Waals surface area contributed by atoms with E-state index in [1.165, 1.54) is 41.3 Å². The zero-order chi connectivity index (χ0) is 12.1. The van der Waals surface area contributed by atoms with Crippen LogP contribution in [0.25, 0.3) is 0 Å². The maximum Gasteiger partial charge on any atom is 0.0222 e. The quantitative estimate of drug-likeness (QED) is 0.629. The molecule has 0 saturated heterocycles. The molecule has 0 amide bonds. The van der Waals surface area contributed by atoms with Crippen LogP contribution in [-0.4, -0.2) is 6.54 Å². The van der Waals surface area contributed by atoms with Crippen LogP contribution in [0, 0.1) is 6.92 Å². The molecule has 0 aliphatic heterocycles. The van der Waals surface area contributed by atoms with Crippen molar-refractivity contribution in [2.75, 3.05) is 6.54 Å². The maximum absolute atomic E-state index is 3.61. The third-order valence-corrected chi connectivity index (χ3v) is 4.02. The number of nitrogens with one attached hydrogen (secondary N) is 1. The SMILES string of the molecule is Cc1ccc(CNCCC2=CCCC2)c(Br)c1. The molecule has 1 nitrogen and oxygen atoms in total. The molecular weight excluding hydrogens is 274 g/mol. The molecule has 0 saturated carbocycles. The van der Waals surface area contributed by atoms with Crippen LogP contribution in [0.2, 0.25) is 0 Å². The monoisotopic (exact) mass is 293 g/mol. The molecule has 0 fully saturated rings. The summed E-state index contributed by atoms with van der Waals surface area (Å²) in [5.74, 6) is 0. The molecule has 1 aromatic rings. The van der Waals surface area contributed by atoms with Crippen molar-refractivity contribution in [1.82, 2.24) is 5.32 Å². The Balaban J connectivity index is 1.74. The van der Waals surface area contributed by atoms with E-state index in [4.69, 9.17) is 0 Å². The lowest BCUT2D eigenvalue weighted by atomic mass is 10.1. The number of benzene rings is 1. The van der Waals surface area contributed by atoms with Gasteiger partial charge in [-0.2, -0.15) is 0 Å². The summed E-state index contributed by atoms with van der Waals surface area (Å²) in [6.45, 7) is 4.16. The van der Waals surface area contributed by atoms with E-state index in [0.717, 1.165) is 13.1 Å². The highest BCUT2D eigenvalue weighted by Gasteiger charge is 2.04. The number of rotatable bonds is 5. The van der Waals surface area contributed by atoms with Crippen molar-refractivity contribution in [2.24, 2.45) is 0 Å². The van der Waals surface area contributed by atoms with Gasteiger partial charge in [0.05, 0.1) is 0 Å². The Morgan fingerprint density at radius 1 is 1.35 bits per heavy atom. The number of aryl methyl sites for hydroxylation is 1. The lowest BCUT2D eigenvalue weighted by Crippen LogP contribution is -2.15. The summed E-state index contributed by atoms with van der Waals surface area (Å²) >= 11 is 3.61. The standard InChI is InChI=1S/C15H20BrN/c1-12-6-7-14(15(16)10-12)11-17-9-8-13-4-2-3-5-13/h4,6-7,10,17H,2-3,5,8-9,11H2,1H3. The molecule has 17 heavy (non-hydrogen) atoms. The highest BCUT2D eigenvalue weighted by atomic mass is 79.9. The number of halogens is 1. The second-order valence-corrected chi connectivity index (χ2v) is 5.63. The minimum Gasteiger partial charge on any atom is -0.312 e. The Morgan fingerprint density at radius 2 is 2.24 bits per heavy atom. The van der Waals surface area contributed by atoms with Gasteiger partial charge in [-0.25, -0.2) is 0 Å². The fraction of sp³-hybridized carbons (Fsp3) is 0.467. The average Bonchev–Trinajstić information content (AvgIpc) is 2.79. The molecule has 0 spiro atoms. The van der Waals surface area contributed by atoms with Gasteiger partial charge in [-0.3, -0.25) is 0 Å². The van der Waals surface area contributed by atoms with Gasteiger partial charge in [-0.15, -0.1) is 0 Å². The van der Waals surface area contributed by atoms with Crippen LogP contribution in [-0.2, 0) is 6.54 Å². The maximum atomic E-state index is 3.61. The molecular formula is C15H20BrN. The first-order valence-corrected chi connectivity index (χ1v) is 7.18.